The van der Waals surface area contributed by atoms with Crippen LogP contribution in [0.2, 0.25) is 0 Å². The highest BCUT2D eigenvalue weighted by atomic mass is 32.2. The Morgan fingerprint density at radius 2 is 1.67 bits per heavy atom. The summed E-state index contributed by atoms with van der Waals surface area (Å²) < 4.78 is 36.6. The molecular weight excluding hydrogens is 743 g/mol. The number of carbonyl (C=O) groups excluding carboxylic acids is 3. The number of benzene rings is 3. The zero-order chi connectivity index (χ0) is 39.1. The van der Waals surface area contributed by atoms with Gasteiger partial charge in [-0.15, -0.1) is 0 Å². The Morgan fingerprint density at radius 3 is 2.46 bits per heavy atom. The van der Waals surface area contributed by atoms with E-state index in [1.165, 1.54) is 0 Å². The molecule has 9 rings (SSSR count). The monoisotopic (exact) mass is 787 g/mol. The molecular formula is C43H45N7O6S. The summed E-state index contributed by atoms with van der Waals surface area (Å²) in [5.41, 5.74) is 2.25. The summed E-state index contributed by atoms with van der Waals surface area (Å²) in [6.07, 6.45) is 8.52. The van der Waals surface area contributed by atoms with Gasteiger partial charge in [-0.25, -0.2) is 13.4 Å². The molecule has 0 spiro atoms. The van der Waals surface area contributed by atoms with Gasteiger partial charge in [-0.3, -0.25) is 19.1 Å². The zero-order valence-corrected chi connectivity index (χ0v) is 32.2. The molecule has 2 aliphatic carbocycles. The number of anilines is 1. The molecule has 14 heteroatoms. The van der Waals surface area contributed by atoms with Gasteiger partial charge in [0.2, 0.25) is 27.7 Å². The van der Waals surface area contributed by atoms with Gasteiger partial charge < -0.3 is 20.3 Å². The second kappa shape index (κ2) is 15.0. The third kappa shape index (κ3) is 7.45. The number of fused-ring (bicyclic) bond motifs is 5. The van der Waals surface area contributed by atoms with Crippen LogP contribution in [0.15, 0.2) is 103 Å². The molecule has 2 aromatic heterocycles. The van der Waals surface area contributed by atoms with Crippen molar-refractivity contribution >= 4 is 50.0 Å². The average Bonchev–Trinajstić information content (AvgIpc) is 4.12. The number of carbonyl (C=O) groups is 3. The summed E-state index contributed by atoms with van der Waals surface area (Å²) >= 11 is 0. The summed E-state index contributed by atoms with van der Waals surface area (Å²) in [7, 11) is -3.87. The molecule has 4 aliphatic rings. The number of ether oxygens (including phenoxy) is 1. The molecule has 4 heterocycles. The molecule has 0 bridgehead atoms. The largest absolute Gasteiger partial charge is 0.472 e. The Balaban J connectivity index is 1.07. The Labute approximate surface area is 330 Å². The van der Waals surface area contributed by atoms with Crippen molar-refractivity contribution in [2.45, 2.75) is 86.8 Å². The van der Waals surface area contributed by atoms with Crippen LogP contribution in [-0.4, -0.2) is 81.2 Å². The van der Waals surface area contributed by atoms with Crippen LogP contribution >= 0.6 is 0 Å². The molecule has 1 saturated heterocycles. The van der Waals surface area contributed by atoms with Gasteiger partial charge in [0, 0.05) is 35.0 Å². The highest BCUT2D eigenvalue weighted by Gasteiger charge is 2.62. The molecule has 3 aromatic carbocycles. The number of nitrogens with one attached hydrogen (secondary N) is 3. The van der Waals surface area contributed by atoms with E-state index in [2.05, 4.69) is 15.4 Å². The Kier molecular flexibility index (Phi) is 9.67. The summed E-state index contributed by atoms with van der Waals surface area (Å²) in [6, 6.07) is 27.2. The Hall–Kier alpha value is -5.76. The fraction of sp³-hybridized carbons (Fsp3) is 0.372. The van der Waals surface area contributed by atoms with E-state index in [0.717, 1.165) is 47.8 Å². The topological polar surface area (TPSA) is 164 Å². The lowest BCUT2D eigenvalue weighted by molar-refractivity contribution is -0.140. The lowest BCUT2D eigenvalue weighted by atomic mass is 10.0. The van der Waals surface area contributed by atoms with E-state index in [4.69, 9.17) is 14.8 Å². The maximum absolute atomic E-state index is 14.8. The van der Waals surface area contributed by atoms with Crippen molar-refractivity contribution in [3.63, 3.8) is 0 Å². The summed E-state index contributed by atoms with van der Waals surface area (Å²) in [5, 5.41) is 11.5. The second-order valence-electron chi connectivity index (χ2n) is 15.7. The minimum Gasteiger partial charge on any atom is -0.472 e. The fourth-order valence-electron chi connectivity index (χ4n) is 8.20. The van der Waals surface area contributed by atoms with Crippen molar-refractivity contribution in [3.05, 3.63) is 103 Å². The van der Waals surface area contributed by atoms with Crippen LogP contribution in [-0.2, 0) is 24.4 Å². The first-order valence-electron chi connectivity index (χ1n) is 19.9. The van der Waals surface area contributed by atoms with Gasteiger partial charge in [0.1, 0.15) is 23.7 Å². The Bertz CT molecular complexity index is 2470. The number of aromatic nitrogens is 3. The summed E-state index contributed by atoms with van der Waals surface area (Å²) in [5.74, 6) is -1.51. The summed E-state index contributed by atoms with van der Waals surface area (Å²) in [6.45, 7) is 0.0910. The van der Waals surface area contributed by atoms with E-state index in [1.54, 1.807) is 9.42 Å². The van der Waals surface area contributed by atoms with Crippen LogP contribution in [0, 0.1) is 5.92 Å². The van der Waals surface area contributed by atoms with Gasteiger partial charge in [-0.2, -0.15) is 9.61 Å². The minimum absolute atomic E-state index is 0.0910. The van der Waals surface area contributed by atoms with Gasteiger partial charge >= 0.3 is 0 Å². The van der Waals surface area contributed by atoms with Crippen LogP contribution in [0.1, 0.15) is 57.8 Å². The minimum atomic E-state index is -3.87. The van der Waals surface area contributed by atoms with Crippen molar-refractivity contribution in [1.82, 2.24) is 29.5 Å². The summed E-state index contributed by atoms with van der Waals surface area (Å²) in [4.78, 5) is 49.8. The first-order valence-corrected chi connectivity index (χ1v) is 21.4. The van der Waals surface area contributed by atoms with Gasteiger partial charge in [0.25, 0.3) is 5.91 Å². The number of hydrogen-bond donors (Lipinski definition) is 3. The van der Waals surface area contributed by atoms with Crippen LogP contribution in [0.4, 0.5) is 5.69 Å². The standard InChI is InChI=1S/C43H45N7O6S/c51-40-37-24-31(56-38-25-36(28-14-6-4-7-15-28)45-39-33-19-12-13-20-34(33)47-50(38)39)27-49(37)41(52)35(44-30-17-9-5-10-18-30)21-11-3-1-2-8-16-29-26-43(29,46-40)42(53)48-57(54,55)32-22-23-32/h4-10,12-20,25,29,31-32,35,37,44H,1-3,11,21-24,26-27H2,(H,46,51)(H,48,53)/t29-,31-,35+,37+,43-/m1/s1. The van der Waals surface area contributed by atoms with Crippen molar-refractivity contribution in [1.29, 1.82) is 0 Å². The number of rotatable bonds is 8. The molecule has 5 atom stereocenters. The number of nitrogens with zero attached hydrogens (tertiary/aromatic N) is 4. The third-order valence-electron chi connectivity index (χ3n) is 11.6. The van der Waals surface area contributed by atoms with Crippen LogP contribution in [0.3, 0.4) is 0 Å². The van der Waals surface area contributed by atoms with E-state index in [0.29, 0.717) is 36.5 Å². The van der Waals surface area contributed by atoms with E-state index >= 15 is 0 Å². The van der Waals surface area contributed by atoms with Crippen LogP contribution < -0.4 is 20.1 Å². The van der Waals surface area contributed by atoms with E-state index in [1.807, 2.05) is 103 Å². The highest BCUT2D eigenvalue weighted by Crippen LogP contribution is 2.46. The van der Waals surface area contributed by atoms with Crippen LogP contribution in [0.25, 0.3) is 27.8 Å². The van der Waals surface area contributed by atoms with Crippen molar-refractivity contribution in [2.75, 3.05) is 11.9 Å². The molecule has 0 radical (unpaired) electrons. The third-order valence-corrected chi connectivity index (χ3v) is 13.4. The maximum Gasteiger partial charge on any atom is 0.259 e. The lowest BCUT2D eigenvalue weighted by Crippen LogP contribution is -2.57. The predicted molar refractivity (Wildman–Crippen MR) is 216 cm³/mol. The first-order chi connectivity index (χ1) is 27.7. The van der Waals surface area contributed by atoms with E-state index < -0.39 is 50.8 Å². The quantitative estimate of drug-likeness (QED) is 0.175. The van der Waals surface area contributed by atoms with Crippen molar-refractivity contribution in [2.24, 2.45) is 5.92 Å². The maximum atomic E-state index is 14.8. The molecule has 57 heavy (non-hydrogen) atoms. The molecule has 2 aliphatic heterocycles. The SMILES string of the molecule is O=C1N[C@]2(C(=O)NS(=O)(=O)C3CC3)C[C@H]2C=CCCCCC[C@H](Nc2ccccc2)C(=O)N2C[C@H](Oc3cc(-c4ccccc4)nc4c5ccccc5nn34)C[C@@H]12. The first kappa shape index (κ1) is 36.9. The number of amides is 3. The zero-order valence-electron chi connectivity index (χ0n) is 31.4. The number of allylic oxidation sites excluding steroid dienone is 1. The molecule has 2 saturated carbocycles. The predicted octanol–water partition coefficient (Wildman–Crippen LogP) is 5.38. The molecule has 3 fully saturated rings. The molecule has 3 N–H and O–H groups in total. The average molecular weight is 788 g/mol. The number of hydrogen-bond acceptors (Lipinski definition) is 9. The number of para-hydroxylation sites is 1. The lowest BCUT2D eigenvalue weighted by Gasteiger charge is -2.30. The molecule has 5 aromatic rings. The normalized spacial score (nSPS) is 25.5. The highest BCUT2D eigenvalue weighted by molar-refractivity contribution is 7.91. The Morgan fingerprint density at radius 1 is 0.912 bits per heavy atom. The van der Waals surface area contributed by atoms with E-state index in [9.17, 15) is 22.8 Å². The van der Waals surface area contributed by atoms with Crippen molar-refractivity contribution in [3.8, 4) is 17.1 Å². The second-order valence-corrected chi connectivity index (χ2v) is 17.6. The smallest absolute Gasteiger partial charge is 0.259 e. The van der Waals surface area contributed by atoms with E-state index in [-0.39, 0.29) is 31.2 Å². The van der Waals surface area contributed by atoms with Gasteiger partial charge in [0.15, 0.2) is 5.65 Å². The van der Waals surface area contributed by atoms with Gasteiger partial charge in [-0.05, 0) is 62.8 Å². The molecule has 0 unspecified atom stereocenters. The molecule has 3 amide bonds. The molecule has 294 valence electrons. The number of sulfonamides is 1. The fourth-order valence-corrected chi connectivity index (χ4v) is 9.56. The van der Waals surface area contributed by atoms with Crippen molar-refractivity contribution < 1.29 is 27.5 Å². The molecule has 13 nitrogen and oxygen atoms in total. The van der Waals surface area contributed by atoms with Gasteiger partial charge in [-0.1, -0.05) is 85.7 Å². The van der Waals surface area contributed by atoms with Gasteiger partial charge in [0.05, 0.1) is 23.0 Å². The van der Waals surface area contributed by atoms with Crippen LogP contribution in [0.5, 0.6) is 5.88 Å².